The molecule has 0 saturated carbocycles. The van der Waals surface area contributed by atoms with E-state index in [0.29, 0.717) is 4.08 Å². The van der Waals surface area contributed by atoms with Crippen molar-refractivity contribution in [1.82, 2.24) is 0 Å². The van der Waals surface area contributed by atoms with E-state index in [0.717, 1.165) is 0 Å². The van der Waals surface area contributed by atoms with E-state index in [2.05, 4.69) is 37.4 Å². The van der Waals surface area contributed by atoms with Gasteiger partial charge in [-0.1, -0.05) is 32.6 Å². The lowest BCUT2D eigenvalue weighted by Crippen LogP contribution is -2.10. The zero-order valence-electron chi connectivity index (χ0n) is 8.27. The van der Waals surface area contributed by atoms with Gasteiger partial charge in [0.1, 0.15) is 0 Å². The third kappa shape index (κ3) is 3.61. The Morgan fingerprint density at radius 2 is 1.75 bits per heavy atom. The molecule has 0 aromatic carbocycles. The fourth-order valence-electron chi connectivity index (χ4n) is 1.57. The Hall–Kier alpha value is 0.700. The summed E-state index contributed by atoms with van der Waals surface area (Å²) in [5.74, 6) is 2.74. The second kappa shape index (κ2) is 5.43. The average Bonchev–Trinajstić information content (AvgIpc) is 2.47. The number of rotatable bonds is 5. The molecular weight excluding hydrogens is 184 g/mol. The van der Waals surface area contributed by atoms with Crippen LogP contribution in [0.1, 0.15) is 46.0 Å². The third-order valence-corrected chi connectivity index (χ3v) is 5.79. The third-order valence-electron chi connectivity index (χ3n) is 2.38. The van der Waals surface area contributed by atoms with Crippen LogP contribution in [0.4, 0.5) is 0 Å². The fraction of sp³-hybridized carbons (Fsp3) is 1.00. The summed E-state index contributed by atoms with van der Waals surface area (Å²) in [6.45, 7) is 4.70. The van der Waals surface area contributed by atoms with Crippen molar-refractivity contribution in [2.24, 2.45) is 0 Å². The van der Waals surface area contributed by atoms with E-state index in [1.165, 1.54) is 43.6 Å². The summed E-state index contributed by atoms with van der Waals surface area (Å²) >= 11 is 4.33. The Bertz CT molecular complexity index is 117. The van der Waals surface area contributed by atoms with Crippen LogP contribution in [0.3, 0.4) is 0 Å². The summed E-state index contributed by atoms with van der Waals surface area (Å²) in [4.78, 5) is 0. The Morgan fingerprint density at radius 1 is 1.08 bits per heavy atom. The second-order valence-corrected chi connectivity index (χ2v) is 7.10. The molecule has 0 unspecified atom stereocenters. The van der Waals surface area contributed by atoms with Crippen LogP contribution in [0.2, 0.25) is 0 Å². The molecular formula is C10H20S2. The number of unbranched alkanes of at least 4 members (excludes halogenated alkanes) is 3. The van der Waals surface area contributed by atoms with Gasteiger partial charge in [0.15, 0.2) is 0 Å². The highest BCUT2D eigenvalue weighted by Gasteiger charge is 2.29. The minimum Gasteiger partial charge on any atom is -0.144 e. The number of hydrogen-bond acceptors (Lipinski definition) is 2. The van der Waals surface area contributed by atoms with Crippen molar-refractivity contribution in [2.75, 3.05) is 11.5 Å². The normalized spacial score (nSPS) is 21.5. The highest BCUT2D eigenvalue weighted by Crippen LogP contribution is 2.46. The van der Waals surface area contributed by atoms with Crippen LogP contribution < -0.4 is 0 Å². The Labute approximate surface area is 85.3 Å². The lowest BCUT2D eigenvalue weighted by Gasteiger charge is -2.21. The molecule has 0 N–H and O–H groups in total. The molecule has 1 aliphatic heterocycles. The maximum absolute atomic E-state index is 2.42. The molecule has 0 spiro atoms. The zero-order chi connectivity index (χ0) is 8.86. The van der Waals surface area contributed by atoms with Crippen molar-refractivity contribution in [1.29, 1.82) is 0 Å². The van der Waals surface area contributed by atoms with Crippen LogP contribution in [0.25, 0.3) is 0 Å². The molecule has 0 radical (unpaired) electrons. The zero-order valence-corrected chi connectivity index (χ0v) is 9.90. The average molecular weight is 204 g/mol. The first-order valence-corrected chi connectivity index (χ1v) is 7.02. The van der Waals surface area contributed by atoms with Crippen molar-refractivity contribution in [3.63, 3.8) is 0 Å². The molecule has 0 bridgehead atoms. The molecule has 0 nitrogen and oxygen atoms in total. The Balaban J connectivity index is 2.05. The number of hydrogen-bond donors (Lipinski definition) is 0. The summed E-state index contributed by atoms with van der Waals surface area (Å²) in [5, 5.41) is 0. The van der Waals surface area contributed by atoms with Crippen LogP contribution in [0.15, 0.2) is 0 Å². The molecule has 0 amide bonds. The monoisotopic (exact) mass is 204 g/mol. The van der Waals surface area contributed by atoms with Gasteiger partial charge in [0.05, 0.1) is 4.08 Å². The summed E-state index contributed by atoms with van der Waals surface area (Å²) in [5.41, 5.74) is 0. The van der Waals surface area contributed by atoms with Gasteiger partial charge in [-0.2, -0.15) is 0 Å². The van der Waals surface area contributed by atoms with Gasteiger partial charge in [-0.05, 0) is 13.3 Å². The van der Waals surface area contributed by atoms with Crippen LogP contribution >= 0.6 is 23.5 Å². The molecule has 0 aliphatic carbocycles. The Kier molecular flexibility index (Phi) is 4.88. The highest BCUT2D eigenvalue weighted by atomic mass is 32.2. The van der Waals surface area contributed by atoms with Gasteiger partial charge < -0.3 is 0 Å². The van der Waals surface area contributed by atoms with Crippen molar-refractivity contribution in [3.05, 3.63) is 0 Å². The summed E-state index contributed by atoms with van der Waals surface area (Å²) in [6.07, 6.45) is 7.07. The van der Waals surface area contributed by atoms with E-state index in [1.54, 1.807) is 0 Å². The van der Waals surface area contributed by atoms with E-state index in [4.69, 9.17) is 0 Å². The first kappa shape index (κ1) is 10.8. The van der Waals surface area contributed by atoms with Gasteiger partial charge >= 0.3 is 0 Å². The standard InChI is InChI=1S/C10H20S2/c1-3-4-5-6-7-10(2)11-8-9-12-10/h3-9H2,1-2H3. The minimum absolute atomic E-state index is 0.577. The maximum Gasteiger partial charge on any atom is 0.0583 e. The van der Waals surface area contributed by atoms with Crippen molar-refractivity contribution in [3.8, 4) is 0 Å². The molecule has 2 heteroatoms. The molecule has 1 saturated heterocycles. The quantitative estimate of drug-likeness (QED) is 0.617. The predicted octanol–water partition coefficient (Wildman–Crippen LogP) is 4.15. The topological polar surface area (TPSA) is 0 Å². The van der Waals surface area contributed by atoms with Crippen molar-refractivity contribution >= 4 is 23.5 Å². The van der Waals surface area contributed by atoms with Gasteiger partial charge in [0.25, 0.3) is 0 Å². The van der Waals surface area contributed by atoms with E-state index >= 15 is 0 Å². The van der Waals surface area contributed by atoms with E-state index in [1.807, 2.05) is 0 Å². The maximum atomic E-state index is 2.42. The molecule has 72 valence electrons. The Morgan fingerprint density at radius 3 is 2.33 bits per heavy atom. The van der Waals surface area contributed by atoms with E-state index < -0.39 is 0 Å². The highest BCUT2D eigenvalue weighted by molar-refractivity contribution is 8.21. The minimum atomic E-state index is 0.577. The first-order valence-electron chi connectivity index (χ1n) is 5.05. The van der Waals surface area contributed by atoms with Crippen molar-refractivity contribution < 1.29 is 0 Å². The van der Waals surface area contributed by atoms with Gasteiger partial charge in [0.2, 0.25) is 0 Å². The van der Waals surface area contributed by atoms with Gasteiger partial charge in [-0.3, -0.25) is 0 Å². The predicted molar refractivity (Wildman–Crippen MR) is 62.1 cm³/mol. The fourth-order valence-corrected chi connectivity index (χ4v) is 4.51. The lowest BCUT2D eigenvalue weighted by atomic mass is 10.1. The summed E-state index contributed by atoms with van der Waals surface area (Å²) < 4.78 is 0.577. The molecule has 0 aromatic rings. The van der Waals surface area contributed by atoms with E-state index in [9.17, 15) is 0 Å². The second-order valence-electron chi connectivity index (χ2n) is 3.64. The van der Waals surface area contributed by atoms with Gasteiger partial charge in [-0.15, -0.1) is 23.5 Å². The van der Waals surface area contributed by atoms with Crippen LogP contribution in [0.5, 0.6) is 0 Å². The smallest absolute Gasteiger partial charge is 0.0583 e. The summed E-state index contributed by atoms with van der Waals surface area (Å²) in [7, 11) is 0. The molecule has 0 aromatic heterocycles. The summed E-state index contributed by atoms with van der Waals surface area (Å²) in [6, 6.07) is 0. The van der Waals surface area contributed by atoms with Crippen LogP contribution in [-0.2, 0) is 0 Å². The largest absolute Gasteiger partial charge is 0.144 e. The van der Waals surface area contributed by atoms with Crippen molar-refractivity contribution in [2.45, 2.75) is 50.0 Å². The van der Waals surface area contributed by atoms with Crippen LogP contribution in [-0.4, -0.2) is 15.6 Å². The molecule has 1 aliphatic rings. The first-order chi connectivity index (χ1) is 5.77. The molecule has 1 heterocycles. The molecule has 1 rings (SSSR count). The SMILES string of the molecule is CCCCCCC1(C)SCCS1. The van der Waals surface area contributed by atoms with Gasteiger partial charge in [0, 0.05) is 11.5 Å². The molecule has 12 heavy (non-hydrogen) atoms. The van der Waals surface area contributed by atoms with Crippen LogP contribution in [0, 0.1) is 0 Å². The lowest BCUT2D eigenvalue weighted by molar-refractivity contribution is 0.617. The molecule has 1 fully saturated rings. The molecule has 0 atom stereocenters. The van der Waals surface area contributed by atoms with E-state index in [-0.39, 0.29) is 0 Å². The number of thioether (sulfide) groups is 2. The van der Waals surface area contributed by atoms with Gasteiger partial charge in [-0.25, -0.2) is 0 Å².